The lowest BCUT2D eigenvalue weighted by atomic mass is 9.97. The molecule has 0 bridgehead atoms. The molecule has 138 valence electrons. The monoisotopic (exact) mass is 345 g/mol. The third-order valence-corrected chi connectivity index (χ3v) is 5.57. The molecule has 0 spiro atoms. The quantitative estimate of drug-likeness (QED) is 0.829. The summed E-state index contributed by atoms with van der Waals surface area (Å²) in [6.07, 6.45) is 4.77. The summed E-state index contributed by atoms with van der Waals surface area (Å²) in [6, 6.07) is 8.12. The zero-order chi connectivity index (χ0) is 17.7. The van der Waals surface area contributed by atoms with E-state index in [2.05, 4.69) is 34.3 Å². The largest absolute Gasteiger partial charge is 0.389 e. The van der Waals surface area contributed by atoms with Gasteiger partial charge in [0.05, 0.1) is 12.0 Å². The van der Waals surface area contributed by atoms with E-state index >= 15 is 0 Å². The Hall–Kier alpha value is -1.43. The Morgan fingerprint density at radius 2 is 1.76 bits per heavy atom. The normalized spacial score (nSPS) is 21.4. The number of rotatable bonds is 6. The van der Waals surface area contributed by atoms with Gasteiger partial charge < -0.3 is 20.2 Å². The second-order valence-corrected chi connectivity index (χ2v) is 7.75. The number of aliphatic hydroxyl groups is 1. The summed E-state index contributed by atoms with van der Waals surface area (Å²) in [7, 11) is 2.18. The van der Waals surface area contributed by atoms with Crippen LogP contribution in [0, 0.1) is 0 Å². The van der Waals surface area contributed by atoms with Crippen molar-refractivity contribution in [3.05, 3.63) is 29.8 Å². The zero-order valence-corrected chi connectivity index (χ0v) is 15.3. The van der Waals surface area contributed by atoms with Crippen LogP contribution in [0.2, 0.25) is 0 Å². The average molecular weight is 345 g/mol. The summed E-state index contributed by atoms with van der Waals surface area (Å²) in [5, 5.41) is 13.2. The second-order valence-electron chi connectivity index (χ2n) is 7.75. The summed E-state index contributed by atoms with van der Waals surface area (Å²) < 4.78 is 0. The van der Waals surface area contributed by atoms with Crippen molar-refractivity contribution in [2.45, 2.75) is 44.1 Å². The van der Waals surface area contributed by atoms with Gasteiger partial charge in [0.15, 0.2) is 0 Å². The summed E-state index contributed by atoms with van der Waals surface area (Å²) in [4.78, 5) is 17.0. The van der Waals surface area contributed by atoms with Gasteiger partial charge in [0.25, 0.3) is 0 Å². The van der Waals surface area contributed by atoms with Crippen molar-refractivity contribution in [1.29, 1.82) is 0 Å². The number of nitrogens with one attached hydrogen (secondary N) is 1. The van der Waals surface area contributed by atoms with Crippen molar-refractivity contribution in [3.63, 3.8) is 0 Å². The van der Waals surface area contributed by atoms with Crippen LogP contribution < -0.4 is 5.32 Å². The number of piperazine rings is 1. The molecule has 2 fully saturated rings. The number of amides is 1. The maximum Gasteiger partial charge on any atom is 0.227 e. The standard InChI is InChI=1S/C20H31N3O2/c1-22-12-14-23(15-13-22)11-8-17-4-6-18(7-5-17)21-19(24)16-20(25)9-2-3-10-20/h4-7,25H,2-3,8-16H2,1H3,(H,21,24). The molecule has 1 amide bonds. The number of likely N-dealkylation sites (N-methyl/N-ethyl adjacent to an activating group) is 1. The minimum absolute atomic E-state index is 0.0883. The van der Waals surface area contributed by atoms with Crippen LogP contribution in [0.5, 0.6) is 0 Å². The first-order chi connectivity index (χ1) is 12.0. The number of hydrogen-bond acceptors (Lipinski definition) is 4. The molecule has 0 aromatic heterocycles. The van der Waals surface area contributed by atoms with Gasteiger partial charge in [0.2, 0.25) is 5.91 Å². The minimum atomic E-state index is -0.785. The fraction of sp³-hybridized carbons (Fsp3) is 0.650. The Morgan fingerprint density at radius 1 is 1.12 bits per heavy atom. The van der Waals surface area contributed by atoms with Gasteiger partial charge in [-0.1, -0.05) is 25.0 Å². The SMILES string of the molecule is CN1CCN(CCc2ccc(NC(=O)CC3(O)CCCC3)cc2)CC1. The highest BCUT2D eigenvalue weighted by Gasteiger charge is 2.33. The number of benzene rings is 1. The zero-order valence-electron chi connectivity index (χ0n) is 15.3. The molecule has 1 aromatic rings. The molecule has 3 rings (SSSR count). The molecule has 1 aliphatic carbocycles. The third kappa shape index (κ3) is 5.53. The lowest BCUT2D eigenvalue weighted by Crippen LogP contribution is -2.45. The molecule has 1 saturated carbocycles. The van der Waals surface area contributed by atoms with E-state index in [1.807, 2.05) is 12.1 Å². The second kappa shape index (κ2) is 8.30. The van der Waals surface area contributed by atoms with E-state index in [-0.39, 0.29) is 12.3 Å². The fourth-order valence-corrected chi connectivity index (χ4v) is 3.83. The average Bonchev–Trinajstić information content (AvgIpc) is 3.01. The molecule has 2 aliphatic rings. The molecule has 5 heteroatoms. The van der Waals surface area contributed by atoms with Crippen molar-refractivity contribution in [2.75, 3.05) is 45.1 Å². The van der Waals surface area contributed by atoms with Crippen molar-refractivity contribution in [2.24, 2.45) is 0 Å². The molecule has 1 aliphatic heterocycles. The van der Waals surface area contributed by atoms with Gasteiger partial charge in [0.1, 0.15) is 0 Å². The highest BCUT2D eigenvalue weighted by molar-refractivity contribution is 5.91. The number of hydrogen-bond donors (Lipinski definition) is 2. The summed E-state index contributed by atoms with van der Waals surface area (Å²) in [5.41, 5.74) is 1.33. The lowest BCUT2D eigenvalue weighted by Gasteiger charge is -2.32. The predicted octanol–water partition coefficient (Wildman–Crippen LogP) is 2.11. The van der Waals surface area contributed by atoms with E-state index in [0.717, 1.165) is 70.5 Å². The highest BCUT2D eigenvalue weighted by atomic mass is 16.3. The van der Waals surface area contributed by atoms with Gasteiger partial charge in [-0.15, -0.1) is 0 Å². The smallest absolute Gasteiger partial charge is 0.227 e. The minimum Gasteiger partial charge on any atom is -0.389 e. The Labute approximate surface area is 151 Å². The molecule has 2 N–H and O–H groups in total. The van der Waals surface area contributed by atoms with E-state index < -0.39 is 5.60 Å². The first-order valence-electron chi connectivity index (χ1n) is 9.55. The van der Waals surface area contributed by atoms with E-state index in [0.29, 0.717) is 0 Å². The van der Waals surface area contributed by atoms with Gasteiger partial charge in [-0.3, -0.25) is 4.79 Å². The number of anilines is 1. The molecule has 1 saturated heterocycles. The number of nitrogens with zero attached hydrogens (tertiary/aromatic N) is 2. The van der Waals surface area contributed by atoms with Crippen molar-refractivity contribution >= 4 is 11.6 Å². The summed E-state index contributed by atoms with van der Waals surface area (Å²) in [6.45, 7) is 5.68. The number of carbonyl (C=O) groups is 1. The van der Waals surface area contributed by atoms with E-state index in [1.165, 1.54) is 5.56 Å². The molecule has 0 unspecified atom stereocenters. The molecule has 5 nitrogen and oxygen atoms in total. The van der Waals surface area contributed by atoms with Crippen LogP contribution in [-0.4, -0.2) is 66.2 Å². The van der Waals surface area contributed by atoms with Crippen LogP contribution in [0.3, 0.4) is 0 Å². The molecule has 25 heavy (non-hydrogen) atoms. The topological polar surface area (TPSA) is 55.8 Å². The van der Waals surface area contributed by atoms with Crippen LogP contribution in [0.15, 0.2) is 24.3 Å². The Balaban J connectivity index is 1.43. The third-order valence-electron chi connectivity index (χ3n) is 5.57. The molecule has 0 radical (unpaired) electrons. The molecular formula is C20H31N3O2. The van der Waals surface area contributed by atoms with Gasteiger partial charge in [-0.05, 0) is 44.0 Å². The molecule has 1 aromatic carbocycles. The summed E-state index contributed by atoms with van der Waals surface area (Å²) in [5.74, 6) is -0.0883. The summed E-state index contributed by atoms with van der Waals surface area (Å²) >= 11 is 0. The van der Waals surface area contributed by atoms with Gasteiger partial charge in [0, 0.05) is 38.4 Å². The maximum atomic E-state index is 12.1. The molecular weight excluding hydrogens is 314 g/mol. The first kappa shape index (κ1) is 18.4. The van der Waals surface area contributed by atoms with Crippen LogP contribution in [0.1, 0.15) is 37.7 Å². The van der Waals surface area contributed by atoms with Gasteiger partial charge >= 0.3 is 0 Å². The van der Waals surface area contributed by atoms with Crippen LogP contribution in [0.25, 0.3) is 0 Å². The van der Waals surface area contributed by atoms with Crippen LogP contribution >= 0.6 is 0 Å². The molecule has 1 heterocycles. The first-order valence-corrected chi connectivity index (χ1v) is 9.55. The lowest BCUT2D eigenvalue weighted by molar-refractivity contribution is -0.120. The Morgan fingerprint density at radius 3 is 2.40 bits per heavy atom. The highest BCUT2D eigenvalue weighted by Crippen LogP contribution is 2.32. The van der Waals surface area contributed by atoms with E-state index in [1.54, 1.807) is 0 Å². The van der Waals surface area contributed by atoms with E-state index in [4.69, 9.17) is 0 Å². The van der Waals surface area contributed by atoms with Crippen molar-refractivity contribution in [1.82, 2.24) is 9.80 Å². The Kier molecular flexibility index (Phi) is 6.10. The van der Waals surface area contributed by atoms with Crippen LogP contribution in [-0.2, 0) is 11.2 Å². The van der Waals surface area contributed by atoms with Crippen molar-refractivity contribution in [3.8, 4) is 0 Å². The Bertz CT molecular complexity index is 559. The fourth-order valence-electron chi connectivity index (χ4n) is 3.83. The number of carbonyl (C=O) groups excluding carboxylic acids is 1. The van der Waals surface area contributed by atoms with E-state index in [9.17, 15) is 9.90 Å². The van der Waals surface area contributed by atoms with Crippen LogP contribution in [0.4, 0.5) is 5.69 Å². The van der Waals surface area contributed by atoms with Gasteiger partial charge in [-0.2, -0.15) is 0 Å². The molecule has 0 atom stereocenters. The maximum absolute atomic E-state index is 12.1. The van der Waals surface area contributed by atoms with Gasteiger partial charge in [-0.25, -0.2) is 0 Å². The van der Waals surface area contributed by atoms with Crippen molar-refractivity contribution < 1.29 is 9.90 Å². The predicted molar refractivity (Wildman–Crippen MR) is 101 cm³/mol.